The zero-order valence-corrected chi connectivity index (χ0v) is 16.9. The molecular formula is C21H18ClNO2S2. The van der Waals surface area contributed by atoms with Gasteiger partial charge in [-0.1, -0.05) is 42.0 Å². The van der Waals surface area contributed by atoms with Gasteiger partial charge in [0, 0.05) is 22.7 Å². The number of hydrogen-bond donors (Lipinski definition) is 0. The fraction of sp³-hybridized carbons (Fsp3) is 0.333. The maximum absolute atomic E-state index is 13.0. The smallest absolute Gasteiger partial charge is 0.266 e. The maximum Gasteiger partial charge on any atom is 0.266 e. The van der Waals surface area contributed by atoms with Crippen LogP contribution >= 0.6 is 35.6 Å². The van der Waals surface area contributed by atoms with Gasteiger partial charge in [-0.3, -0.25) is 9.69 Å². The monoisotopic (exact) mass is 415 g/mol. The minimum atomic E-state index is 0.0343. The van der Waals surface area contributed by atoms with Crippen LogP contribution in [-0.4, -0.2) is 21.2 Å². The third-order valence-electron chi connectivity index (χ3n) is 5.88. The van der Waals surface area contributed by atoms with E-state index in [1.165, 1.54) is 31.0 Å². The number of carbonyl (C=O) groups is 1. The van der Waals surface area contributed by atoms with Crippen molar-refractivity contribution in [3.63, 3.8) is 0 Å². The van der Waals surface area contributed by atoms with Crippen molar-refractivity contribution in [2.75, 3.05) is 0 Å². The molecular weight excluding hydrogens is 398 g/mol. The lowest BCUT2D eigenvalue weighted by molar-refractivity contribution is -0.124. The molecule has 1 aromatic carbocycles. The quantitative estimate of drug-likeness (QED) is 0.455. The van der Waals surface area contributed by atoms with Crippen molar-refractivity contribution in [2.45, 2.75) is 31.7 Å². The number of fused-ring (bicyclic) bond motifs is 2. The molecule has 2 aliphatic carbocycles. The summed E-state index contributed by atoms with van der Waals surface area (Å²) >= 11 is 12.9. The van der Waals surface area contributed by atoms with Crippen LogP contribution in [0, 0.1) is 11.8 Å². The first-order chi connectivity index (χ1) is 13.1. The van der Waals surface area contributed by atoms with Crippen molar-refractivity contribution in [1.82, 2.24) is 4.90 Å². The highest BCUT2D eigenvalue weighted by Gasteiger charge is 2.47. The zero-order chi connectivity index (χ0) is 18.5. The molecule has 138 valence electrons. The van der Waals surface area contributed by atoms with Gasteiger partial charge in [0.25, 0.3) is 5.91 Å². The van der Waals surface area contributed by atoms with E-state index in [1.54, 1.807) is 0 Å². The van der Waals surface area contributed by atoms with Gasteiger partial charge < -0.3 is 4.42 Å². The summed E-state index contributed by atoms with van der Waals surface area (Å²) in [6, 6.07) is 11.6. The van der Waals surface area contributed by atoms with Gasteiger partial charge in [-0.15, -0.1) is 0 Å². The van der Waals surface area contributed by atoms with Gasteiger partial charge in [0.15, 0.2) is 0 Å². The maximum atomic E-state index is 13.0. The first-order valence-corrected chi connectivity index (χ1v) is 10.8. The fourth-order valence-electron chi connectivity index (χ4n) is 4.62. The number of hydrogen-bond acceptors (Lipinski definition) is 4. The molecule has 3 atom stereocenters. The Morgan fingerprint density at radius 3 is 2.67 bits per heavy atom. The van der Waals surface area contributed by atoms with Gasteiger partial charge in [-0.2, -0.15) is 0 Å². The van der Waals surface area contributed by atoms with E-state index in [9.17, 15) is 4.79 Å². The summed E-state index contributed by atoms with van der Waals surface area (Å²) in [5, 5.41) is 0.690. The van der Waals surface area contributed by atoms with Crippen LogP contribution in [-0.2, 0) is 4.79 Å². The van der Waals surface area contributed by atoms with Crippen LogP contribution in [0.25, 0.3) is 17.4 Å². The fourth-order valence-corrected chi connectivity index (χ4v) is 6.10. The number of carbonyl (C=O) groups excluding carboxylic acids is 1. The van der Waals surface area contributed by atoms with E-state index in [4.69, 9.17) is 28.2 Å². The largest absolute Gasteiger partial charge is 0.457 e. The van der Waals surface area contributed by atoms with E-state index < -0.39 is 0 Å². The number of halogens is 1. The number of furan rings is 1. The summed E-state index contributed by atoms with van der Waals surface area (Å²) < 4.78 is 6.61. The summed E-state index contributed by atoms with van der Waals surface area (Å²) in [5.41, 5.74) is 0.952. The SMILES string of the molecule is O=C1/C(=C\c2ccc(-c3ccc(Cl)cc3)o2)SC(=S)N1C1CC2CCC1C2. The van der Waals surface area contributed by atoms with Crippen molar-refractivity contribution in [3.8, 4) is 11.3 Å². The van der Waals surface area contributed by atoms with Crippen LogP contribution in [0.3, 0.4) is 0 Å². The van der Waals surface area contributed by atoms with Crippen LogP contribution in [0.5, 0.6) is 0 Å². The third kappa shape index (κ3) is 3.16. The second-order valence-electron chi connectivity index (χ2n) is 7.50. The molecule has 5 rings (SSSR count). The third-order valence-corrected chi connectivity index (χ3v) is 7.47. The van der Waals surface area contributed by atoms with Gasteiger partial charge in [0.2, 0.25) is 0 Å². The van der Waals surface area contributed by atoms with Gasteiger partial charge in [-0.05, 0) is 67.5 Å². The second-order valence-corrected chi connectivity index (χ2v) is 9.62. The van der Waals surface area contributed by atoms with Crippen LogP contribution in [0.4, 0.5) is 0 Å². The number of thiocarbonyl (C=S) groups is 1. The lowest BCUT2D eigenvalue weighted by Crippen LogP contribution is -2.41. The number of thioether (sulfide) groups is 1. The molecule has 3 nitrogen and oxygen atoms in total. The molecule has 3 unspecified atom stereocenters. The molecule has 2 heterocycles. The van der Waals surface area contributed by atoms with Crippen molar-refractivity contribution < 1.29 is 9.21 Å². The molecule has 0 spiro atoms. The molecule has 0 N–H and O–H groups in total. The van der Waals surface area contributed by atoms with Crippen LogP contribution in [0.2, 0.25) is 5.02 Å². The Kier molecular flexibility index (Phi) is 4.42. The zero-order valence-electron chi connectivity index (χ0n) is 14.6. The van der Waals surface area contributed by atoms with E-state index in [1.807, 2.05) is 47.4 Å². The molecule has 1 aliphatic heterocycles. The highest BCUT2D eigenvalue weighted by Crippen LogP contribution is 2.49. The summed E-state index contributed by atoms with van der Waals surface area (Å²) in [6.45, 7) is 0. The minimum Gasteiger partial charge on any atom is -0.457 e. The molecule has 6 heteroatoms. The van der Waals surface area contributed by atoms with E-state index in [2.05, 4.69) is 0 Å². The van der Waals surface area contributed by atoms with E-state index >= 15 is 0 Å². The Balaban J connectivity index is 1.37. The van der Waals surface area contributed by atoms with E-state index in [-0.39, 0.29) is 5.91 Å². The van der Waals surface area contributed by atoms with Gasteiger partial charge in [0.05, 0.1) is 4.91 Å². The molecule has 2 aromatic rings. The number of amides is 1. The lowest BCUT2D eigenvalue weighted by atomic mass is 9.94. The summed E-state index contributed by atoms with van der Waals surface area (Å²) in [5.74, 6) is 2.85. The Bertz CT molecular complexity index is 949. The Hall–Kier alpha value is -1.56. The standard InChI is InChI=1S/C21H18ClNO2S2/c22-15-5-3-13(4-6-15)18-8-7-16(25-18)11-19-20(24)23(21(26)27-19)17-10-12-1-2-14(17)9-12/h3-8,11-12,14,17H,1-2,9-10H2/b19-11+. The molecule has 3 aliphatic rings. The molecule has 2 bridgehead atoms. The van der Waals surface area contributed by atoms with Gasteiger partial charge in [0.1, 0.15) is 15.8 Å². The van der Waals surface area contributed by atoms with Crippen LogP contribution < -0.4 is 0 Å². The number of nitrogens with zero attached hydrogens (tertiary/aromatic N) is 1. The predicted molar refractivity (Wildman–Crippen MR) is 113 cm³/mol. The molecule has 1 saturated heterocycles. The van der Waals surface area contributed by atoms with Gasteiger partial charge in [-0.25, -0.2) is 0 Å². The summed E-state index contributed by atoms with van der Waals surface area (Å²) in [4.78, 5) is 15.5. The van der Waals surface area contributed by atoms with Crippen molar-refractivity contribution in [2.24, 2.45) is 11.8 Å². The Morgan fingerprint density at radius 2 is 1.96 bits per heavy atom. The molecule has 27 heavy (non-hydrogen) atoms. The average Bonchev–Trinajstić information content (AvgIpc) is 3.42. The predicted octanol–water partition coefficient (Wildman–Crippen LogP) is 5.99. The van der Waals surface area contributed by atoms with Crippen molar-refractivity contribution >= 4 is 51.9 Å². The highest BCUT2D eigenvalue weighted by atomic mass is 35.5. The normalized spacial score (nSPS) is 28.7. The topological polar surface area (TPSA) is 33.5 Å². The number of benzene rings is 1. The second kappa shape index (κ2) is 6.80. The van der Waals surface area contributed by atoms with E-state index in [0.717, 1.165) is 23.7 Å². The number of rotatable bonds is 3. The van der Waals surface area contributed by atoms with Crippen molar-refractivity contribution in [3.05, 3.63) is 52.1 Å². The van der Waals surface area contributed by atoms with Crippen LogP contribution in [0.15, 0.2) is 45.7 Å². The molecule has 2 saturated carbocycles. The molecule has 1 aromatic heterocycles. The Morgan fingerprint density at radius 1 is 1.15 bits per heavy atom. The van der Waals surface area contributed by atoms with E-state index in [0.29, 0.717) is 32.0 Å². The minimum absolute atomic E-state index is 0.0343. The first kappa shape index (κ1) is 17.5. The van der Waals surface area contributed by atoms with Crippen molar-refractivity contribution in [1.29, 1.82) is 0 Å². The molecule has 3 fully saturated rings. The molecule has 1 amide bonds. The average molecular weight is 416 g/mol. The van der Waals surface area contributed by atoms with Gasteiger partial charge >= 0.3 is 0 Å². The lowest BCUT2D eigenvalue weighted by Gasteiger charge is -2.30. The Labute approximate surface area is 172 Å². The molecule has 0 radical (unpaired) electrons. The highest BCUT2D eigenvalue weighted by molar-refractivity contribution is 8.26. The summed E-state index contributed by atoms with van der Waals surface area (Å²) in [7, 11) is 0. The first-order valence-electron chi connectivity index (χ1n) is 9.21. The summed E-state index contributed by atoms with van der Waals surface area (Å²) in [6.07, 6.45) is 6.71. The van der Waals surface area contributed by atoms with Crippen LogP contribution in [0.1, 0.15) is 31.4 Å².